The highest BCUT2D eigenvalue weighted by Gasteiger charge is 2.15. The van der Waals surface area contributed by atoms with Gasteiger partial charge in [-0.2, -0.15) is 0 Å². The molecular weight excluding hydrogens is 567 g/mol. The fourth-order valence-corrected chi connectivity index (χ4v) is 5.87. The molecule has 1 heteroatoms. The van der Waals surface area contributed by atoms with Crippen LogP contribution in [0.4, 0.5) is 17.1 Å². The van der Waals surface area contributed by atoms with E-state index >= 15 is 0 Å². The lowest BCUT2D eigenvalue weighted by Gasteiger charge is -2.26. The van der Waals surface area contributed by atoms with Gasteiger partial charge < -0.3 is 4.90 Å². The molecule has 222 valence electrons. The van der Waals surface area contributed by atoms with E-state index < -0.39 is 12.1 Å². The molecular formula is C46H33N. The molecule has 8 rings (SSSR count). The van der Waals surface area contributed by atoms with Crippen LogP contribution in [0.15, 0.2) is 200 Å². The first-order chi connectivity index (χ1) is 26.7. The fraction of sp³-hybridized carbons (Fsp3) is 0. The van der Waals surface area contributed by atoms with E-state index in [4.69, 9.17) is 2.74 Å². The minimum Gasteiger partial charge on any atom is -0.310 e. The molecule has 0 aliphatic heterocycles. The van der Waals surface area contributed by atoms with Crippen LogP contribution in [0, 0.1) is 0 Å². The van der Waals surface area contributed by atoms with Gasteiger partial charge in [-0.25, -0.2) is 0 Å². The number of hydrogen-bond donors (Lipinski definition) is 0. The van der Waals surface area contributed by atoms with Crippen LogP contribution in [-0.2, 0) is 0 Å². The Kier molecular flexibility index (Phi) is 5.60. The van der Waals surface area contributed by atoms with Gasteiger partial charge in [-0.1, -0.05) is 158 Å². The summed E-state index contributed by atoms with van der Waals surface area (Å²) in [6, 6.07) is 44.4. The molecule has 47 heavy (non-hydrogen) atoms. The average Bonchev–Trinajstić information content (AvgIpc) is 3.23. The van der Waals surface area contributed by atoms with Crippen molar-refractivity contribution in [3.63, 3.8) is 0 Å². The highest BCUT2D eigenvalue weighted by Crippen LogP contribution is 2.39. The second kappa shape index (κ2) is 12.7. The van der Waals surface area contributed by atoms with Crippen LogP contribution in [0.5, 0.6) is 0 Å². The highest BCUT2D eigenvalue weighted by molar-refractivity contribution is 5.97. The molecule has 0 saturated heterocycles. The van der Waals surface area contributed by atoms with Crippen molar-refractivity contribution in [3.8, 4) is 44.5 Å². The molecule has 0 N–H and O–H groups in total. The van der Waals surface area contributed by atoms with E-state index in [-0.39, 0.29) is 58.8 Å². The molecule has 0 saturated carbocycles. The molecule has 0 heterocycles. The molecule has 8 aromatic rings. The summed E-state index contributed by atoms with van der Waals surface area (Å²) in [6.07, 6.45) is 0. The van der Waals surface area contributed by atoms with E-state index in [2.05, 4.69) is 0 Å². The van der Waals surface area contributed by atoms with Crippen molar-refractivity contribution in [2.75, 3.05) is 4.90 Å². The van der Waals surface area contributed by atoms with E-state index in [0.717, 1.165) is 33.0 Å². The molecule has 0 fully saturated rings. The van der Waals surface area contributed by atoms with E-state index in [1.807, 2.05) is 127 Å². The lowest BCUT2D eigenvalue weighted by atomic mass is 9.97. The zero-order chi connectivity index (χ0) is 38.4. The Balaban J connectivity index is 1.39. The van der Waals surface area contributed by atoms with Crippen LogP contribution < -0.4 is 4.90 Å². The zero-order valence-corrected chi connectivity index (χ0v) is 25.4. The molecule has 0 amide bonds. The van der Waals surface area contributed by atoms with E-state index in [0.29, 0.717) is 16.8 Å². The fourth-order valence-electron chi connectivity index (χ4n) is 5.87. The minimum atomic E-state index is -0.442. The molecule has 8 aromatic carbocycles. The number of nitrogens with zero attached hydrogens (tertiary/aromatic N) is 1. The highest BCUT2D eigenvalue weighted by atomic mass is 15.1. The van der Waals surface area contributed by atoms with Gasteiger partial charge in [0.1, 0.15) is 0 Å². The lowest BCUT2D eigenvalue weighted by Crippen LogP contribution is -2.10. The maximum atomic E-state index is 9.69. The first-order valence-electron chi connectivity index (χ1n) is 19.5. The van der Waals surface area contributed by atoms with Crippen molar-refractivity contribution >= 4 is 27.8 Å². The SMILES string of the molecule is [2H]c1c([2H])c(-c2cccc3ccccc23)c([2H])c(N(c2ccc(-c3ccccc3)cc2)c2c([2H])c([2H])c(-c3cccc(-c4ccccc4)c3)c([2H])c2[2H])c1[2H]. The summed E-state index contributed by atoms with van der Waals surface area (Å²) >= 11 is 0. The monoisotopic (exact) mass is 607 g/mol. The van der Waals surface area contributed by atoms with Crippen LogP contribution in [0.3, 0.4) is 0 Å². The Bertz CT molecular complexity index is 2700. The molecule has 0 aliphatic carbocycles. The number of benzene rings is 8. The zero-order valence-electron chi connectivity index (χ0n) is 33.4. The van der Waals surface area contributed by atoms with Gasteiger partial charge in [0.05, 0.1) is 11.0 Å². The predicted molar refractivity (Wildman–Crippen MR) is 200 cm³/mol. The normalized spacial score (nSPS) is 13.4. The lowest BCUT2D eigenvalue weighted by molar-refractivity contribution is 1.28. The summed E-state index contributed by atoms with van der Waals surface area (Å²) in [7, 11) is 0. The summed E-state index contributed by atoms with van der Waals surface area (Å²) in [6.45, 7) is 0. The minimum absolute atomic E-state index is 0.118. The first-order valence-corrected chi connectivity index (χ1v) is 15.5. The Morgan fingerprint density at radius 2 is 0.936 bits per heavy atom. The van der Waals surface area contributed by atoms with Gasteiger partial charge in [-0.3, -0.25) is 0 Å². The van der Waals surface area contributed by atoms with E-state index in [1.165, 1.54) is 4.90 Å². The Labute approximate surface area is 287 Å². The smallest absolute Gasteiger partial charge is 0.0651 e. The average molecular weight is 608 g/mol. The summed E-state index contributed by atoms with van der Waals surface area (Å²) in [4.78, 5) is 1.39. The molecule has 0 radical (unpaired) electrons. The second-order valence-corrected chi connectivity index (χ2v) is 11.2. The predicted octanol–water partition coefficient (Wildman–Crippen LogP) is 13.0. The number of fused-ring (bicyclic) bond motifs is 1. The van der Waals surface area contributed by atoms with Gasteiger partial charge in [0, 0.05) is 17.1 Å². The van der Waals surface area contributed by atoms with Crippen molar-refractivity contribution in [3.05, 3.63) is 200 Å². The molecule has 0 aromatic heterocycles. The van der Waals surface area contributed by atoms with Gasteiger partial charge in [-0.05, 0) is 97.6 Å². The summed E-state index contributed by atoms with van der Waals surface area (Å²) in [5.41, 5.74) is 5.00. The molecule has 0 unspecified atom stereocenters. The van der Waals surface area contributed by atoms with E-state index in [9.17, 15) is 8.22 Å². The van der Waals surface area contributed by atoms with Gasteiger partial charge in [0.25, 0.3) is 0 Å². The third-order valence-corrected chi connectivity index (χ3v) is 8.22. The first kappa shape index (κ1) is 20.8. The topological polar surface area (TPSA) is 3.24 Å². The van der Waals surface area contributed by atoms with Crippen molar-refractivity contribution in [2.45, 2.75) is 0 Å². The Morgan fingerprint density at radius 1 is 0.362 bits per heavy atom. The van der Waals surface area contributed by atoms with Crippen LogP contribution in [0.2, 0.25) is 0 Å². The summed E-state index contributed by atoms with van der Waals surface area (Å²) < 4.78 is 74.6. The van der Waals surface area contributed by atoms with Crippen molar-refractivity contribution in [1.82, 2.24) is 0 Å². The second-order valence-electron chi connectivity index (χ2n) is 11.2. The van der Waals surface area contributed by atoms with Gasteiger partial charge >= 0.3 is 0 Å². The number of anilines is 3. The number of hydrogen-bond acceptors (Lipinski definition) is 1. The van der Waals surface area contributed by atoms with Gasteiger partial charge in [-0.15, -0.1) is 0 Å². The summed E-state index contributed by atoms with van der Waals surface area (Å²) in [5.74, 6) is 0. The maximum Gasteiger partial charge on any atom is 0.0651 e. The van der Waals surface area contributed by atoms with Gasteiger partial charge in [0.15, 0.2) is 0 Å². The standard InChI is InChI=1S/C46H33N/c1-3-12-34(13-4-1)36-24-28-42(29-25-36)47(44-21-10-20-41(33-44)46-23-11-17-38-16-7-8-22-45(38)46)43-30-26-37(27-31-43)40-19-9-18-39(32-40)35-14-5-2-6-15-35/h1-33H/i10D,20D,21D,26D,27D,30D,31D,33D. The molecule has 0 atom stereocenters. The Hall–Kier alpha value is -6.18. The van der Waals surface area contributed by atoms with Crippen LogP contribution in [0.1, 0.15) is 11.0 Å². The van der Waals surface area contributed by atoms with Crippen LogP contribution >= 0.6 is 0 Å². The third kappa shape index (κ3) is 5.83. The maximum absolute atomic E-state index is 9.69. The van der Waals surface area contributed by atoms with Crippen LogP contribution in [0.25, 0.3) is 55.3 Å². The van der Waals surface area contributed by atoms with Crippen LogP contribution in [-0.4, -0.2) is 0 Å². The van der Waals surface area contributed by atoms with Crippen molar-refractivity contribution in [2.24, 2.45) is 0 Å². The van der Waals surface area contributed by atoms with E-state index in [1.54, 1.807) is 24.3 Å². The van der Waals surface area contributed by atoms with Gasteiger partial charge in [0.2, 0.25) is 0 Å². The van der Waals surface area contributed by atoms with Crippen molar-refractivity contribution in [1.29, 1.82) is 0 Å². The molecule has 0 spiro atoms. The largest absolute Gasteiger partial charge is 0.310 e. The summed E-state index contributed by atoms with van der Waals surface area (Å²) in [5, 5.41) is 1.64. The number of rotatable bonds is 7. The molecule has 1 nitrogen and oxygen atoms in total. The Morgan fingerprint density at radius 3 is 1.68 bits per heavy atom. The molecule has 0 bridgehead atoms. The molecule has 0 aliphatic rings. The quantitative estimate of drug-likeness (QED) is 0.174. The van der Waals surface area contributed by atoms with Crippen molar-refractivity contribution < 1.29 is 11.0 Å². The third-order valence-electron chi connectivity index (χ3n) is 8.22.